The first-order valence-corrected chi connectivity index (χ1v) is 13.5. The molecule has 2 amide bonds. The molecular weight excluding hydrogens is 568 g/mol. The van der Waals surface area contributed by atoms with Crippen molar-refractivity contribution in [2.75, 3.05) is 6.73 Å². The summed E-state index contributed by atoms with van der Waals surface area (Å²) >= 11 is 6.17. The highest BCUT2D eigenvalue weighted by molar-refractivity contribution is 6.30. The minimum absolute atomic E-state index is 0.0543. The number of ether oxygens (including phenoxy) is 1. The van der Waals surface area contributed by atoms with Crippen molar-refractivity contribution < 1.29 is 27.9 Å². The van der Waals surface area contributed by atoms with Crippen LogP contribution in [0.4, 0.5) is 8.78 Å². The molecule has 2 aliphatic rings. The van der Waals surface area contributed by atoms with E-state index in [1.807, 2.05) is 0 Å². The number of nitrogens with zero attached hydrogens (tertiary/aromatic N) is 4. The van der Waals surface area contributed by atoms with Gasteiger partial charge in [-0.3, -0.25) is 28.9 Å². The van der Waals surface area contributed by atoms with Crippen molar-refractivity contribution in [1.29, 1.82) is 0 Å². The quantitative estimate of drug-likeness (QED) is 0.229. The number of rotatable bonds is 9. The maximum Gasteiger partial charge on any atom is 0.257 e. The van der Waals surface area contributed by atoms with Gasteiger partial charge in [0.2, 0.25) is 11.6 Å². The number of pyridine rings is 1. The van der Waals surface area contributed by atoms with Crippen molar-refractivity contribution in [3.63, 3.8) is 0 Å². The third-order valence-electron chi connectivity index (χ3n) is 7.33. The number of ketones is 1. The van der Waals surface area contributed by atoms with Gasteiger partial charge in [-0.2, -0.15) is 5.10 Å². The van der Waals surface area contributed by atoms with Crippen LogP contribution in [-0.2, 0) is 28.8 Å². The zero-order valence-electron chi connectivity index (χ0n) is 22.3. The van der Waals surface area contributed by atoms with Crippen molar-refractivity contribution in [3.8, 4) is 0 Å². The molecule has 9 nitrogen and oxygen atoms in total. The molecule has 3 heterocycles. The van der Waals surface area contributed by atoms with Crippen LogP contribution >= 0.6 is 11.6 Å². The highest BCUT2D eigenvalue weighted by atomic mass is 35.5. The summed E-state index contributed by atoms with van der Waals surface area (Å²) in [6.45, 7) is -0.563. The fraction of sp³-hybridized carbons (Fsp3) is 0.233. The summed E-state index contributed by atoms with van der Waals surface area (Å²) in [6.07, 6.45) is 5.38. The van der Waals surface area contributed by atoms with Gasteiger partial charge in [0, 0.05) is 35.3 Å². The van der Waals surface area contributed by atoms with E-state index < -0.39 is 29.0 Å². The number of carbonyl (C=O) groups excluding carboxylic acids is 3. The van der Waals surface area contributed by atoms with E-state index in [0.717, 1.165) is 25.1 Å². The molecule has 0 bridgehead atoms. The predicted octanol–water partition coefficient (Wildman–Crippen LogP) is 4.34. The first-order chi connectivity index (χ1) is 20.2. The second-order valence-corrected chi connectivity index (χ2v) is 10.7. The molecule has 2 aromatic heterocycles. The number of hydrogen-bond acceptors (Lipinski definition) is 6. The van der Waals surface area contributed by atoms with Gasteiger partial charge in [-0.05, 0) is 49.2 Å². The second kappa shape index (κ2) is 10.7. The van der Waals surface area contributed by atoms with E-state index in [1.54, 1.807) is 31.3 Å². The predicted molar refractivity (Wildman–Crippen MR) is 146 cm³/mol. The molecule has 12 heteroatoms. The Morgan fingerprint density at radius 2 is 1.86 bits per heavy atom. The Morgan fingerprint density at radius 3 is 2.50 bits per heavy atom. The Morgan fingerprint density at radius 1 is 1.10 bits per heavy atom. The molecule has 1 aliphatic heterocycles. The van der Waals surface area contributed by atoms with Crippen molar-refractivity contribution in [2.45, 2.75) is 25.1 Å². The van der Waals surface area contributed by atoms with E-state index in [0.29, 0.717) is 16.3 Å². The van der Waals surface area contributed by atoms with Crippen LogP contribution in [0.5, 0.6) is 0 Å². The number of aryl methyl sites for hydroxylation is 1. The van der Waals surface area contributed by atoms with Gasteiger partial charge in [-0.15, -0.1) is 0 Å². The first kappa shape index (κ1) is 27.7. The van der Waals surface area contributed by atoms with Gasteiger partial charge in [0.1, 0.15) is 18.4 Å². The molecule has 0 radical (unpaired) electrons. The molecule has 1 fully saturated rings. The number of halogens is 3. The fourth-order valence-electron chi connectivity index (χ4n) is 5.14. The second-order valence-electron chi connectivity index (χ2n) is 10.2. The molecule has 6 rings (SSSR count). The van der Waals surface area contributed by atoms with Crippen LogP contribution in [0.15, 0.2) is 67.1 Å². The molecule has 1 atom stereocenters. The summed E-state index contributed by atoms with van der Waals surface area (Å²) in [5.41, 5.74) is -1.34. The van der Waals surface area contributed by atoms with Gasteiger partial charge in [0.25, 0.3) is 5.91 Å². The summed E-state index contributed by atoms with van der Waals surface area (Å²) in [5.74, 6) is -2.94. The van der Waals surface area contributed by atoms with Crippen molar-refractivity contribution in [3.05, 3.63) is 117 Å². The number of benzene rings is 2. The number of aromatic nitrogens is 3. The molecule has 0 saturated heterocycles. The van der Waals surface area contributed by atoms with Gasteiger partial charge in [0.05, 0.1) is 41.3 Å². The topological polar surface area (TPSA) is 106 Å². The van der Waals surface area contributed by atoms with Gasteiger partial charge in [-0.25, -0.2) is 8.78 Å². The summed E-state index contributed by atoms with van der Waals surface area (Å²) in [4.78, 5) is 45.2. The van der Waals surface area contributed by atoms with E-state index in [4.69, 9.17) is 16.3 Å². The smallest absolute Gasteiger partial charge is 0.257 e. The van der Waals surface area contributed by atoms with Crippen LogP contribution in [-0.4, -0.2) is 44.0 Å². The lowest BCUT2D eigenvalue weighted by Crippen LogP contribution is -2.49. The summed E-state index contributed by atoms with van der Waals surface area (Å²) in [6, 6.07) is 11.3. The van der Waals surface area contributed by atoms with Crippen LogP contribution in [0.3, 0.4) is 0 Å². The van der Waals surface area contributed by atoms with E-state index in [-0.39, 0.29) is 47.4 Å². The fourth-order valence-corrected chi connectivity index (χ4v) is 5.26. The maximum atomic E-state index is 16.3. The monoisotopic (exact) mass is 591 g/mol. The molecule has 2 aromatic carbocycles. The van der Waals surface area contributed by atoms with Crippen LogP contribution in [0.2, 0.25) is 5.02 Å². The van der Waals surface area contributed by atoms with Crippen LogP contribution in [0, 0.1) is 17.6 Å². The van der Waals surface area contributed by atoms with Gasteiger partial charge < -0.3 is 10.1 Å². The largest absolute Gasteiger partial charge is 0.333 e. The Balaban J connectivity index is 1.50. The third-order valence-corrected chi connectivity index (χ3v) is 7.59. The van der Waals surface area contributed by atoms with E-state index >= 15 is 4.39 Å². The summed E-state index contributed by atoms with van der Waals surface area (Å²) in [5, 5.41) is 7.11. The van der Waals surface area contributed by atoms with Crippen LogP contribution < -0.4 is 5.32 Å². The van der Waals surface area contributed by atoms with Crippen molar-refractivity contribution in [1.82, 2.24) is 25.0 Å². The lowest BCUT2D eigenvalue weighted by molar-refractivity contribution is -0.137. The highest BCUT2D eigenvalue weighted by Crippen LogP contribution is 2.48. The maximum absolute atomic E-state index is 16.3. The van der Waals surface area contributed by atoms with E-state index in [2.05, 4.69) is 15.4 Å². The van der Waals surface area contributed by atoms with E-state index in [1.165, 1.54) is 40.2 Å². The van der Waals surface area contributed by atoms with Gasteiger partial charge in [0.15, 0.2) is 5.78 Å². The molecule has 1 aliphatic carbocycles. The van der Waals surface area contributed by atoms with Crippen LogP contribution in [0.1, 0.15) is 55.9 Å². The average molecular weight is 592 g/mol. The minimum Gasteiger partial charge on any atom is -0.333 e. The van der Waals surface area contributed by atoms with Crippen LogP contribution in [0.25, 0.3) is 0 Å². The van der Waals surface area contributed by atoms with Crippen molar-refractivity contribution in [2.24, 2.45) is 13.0 Å². The lowest BCUT2D eigenvalue weighted by atomic mass is 9.90. The molecule has 1 saturated carbocycles. The summed E-state index contributed by atoms with van der Waals surface area (Å²) in [7, 11) is 1.64. The standard InChI is InChI=1S/C30H24ClF2N5O4/c1-37-14-19(12-36-37)27(39)18-10-24-26(25(33)11-18)30(20-4-6-21(31)7-5-20,42-16-35-28(40)17-2-3-17)38(29(24)41)15-23-9-8-22(32)13-34-23/h4-14,17H,2-3,15-16H2,1H3,(H,35,40)/t30-/m1/s1. The minimum atomic E-state index is -1.90. The highest BCUT2D eigenvalue weighted by Gasteiger charge is 2.55. The molecule has 42 heavy (non-hydrogen) atoms. The Kier molecular flexibility index (Phi) is 7.07. The summed E-state index contributed by atoms with van der Waals surface area (Å²) < 4.78 is 37.8. The van der Waals surface area contributed by atoms with Gasteiger partial charge >= 0.3 is 0 Å². The Bertz CT molecular complexity index is 1710. The van der Waals surface area contributed by atoms with Gasteiger partial charge in [-0.1, -0.05) is 23.7 Å². The van der Waals surface area contributed by atoms with E-state index in [9.17, 15) is 18.8 Å². The normalized spacial score (nSPS) is 17.8. The average Bonchev–Trinajstić information content (AvgIpc) is 3.70. The number of fused-ring (bicyclic) bond motifs is 1. The number of nitrogens with one attached hydrogen (secondary N) is 1. The first-order valence-electron chi connectivity index (χ1n) is 13.1. The SMILES string of the molecule is Cn1cc(C(=O)c2cc(F)c3c(c2)C(=O)N(Cc2ccc(F)cn2)[C@@]3(OCNC(=O)C2CC2)c2ccc(Cl)cc2)cn1. The third kappa shape index (κ3) is 4.94. The molecule has 0 unspecified atom stereocenters. The molecule has 214 valence electrons. The lowest BCUT2D eigenvalue weighted by Gasteiger charge is -2.39. The number of hydrogen-bond donors (Lipinski definition) is 1. The molecule has 4 aromatic rings. The number of amides is 2. The molecule has 1 N–H and O–H groups in total. The Labute approximate surface area is 244 Å². The molecular formula is C30H24ClF2N5O4. The Hall–Kier alpha value is -4.48. The molecule has 0 spiro atoms. The zero-order chi connectivity index (χ0) is 29.6. The van der Waals surface area contributed by atoms with Crippen molar-refractivity contribution >= 4 is 29.2 Å². The zero-order valence-corrected chi connectivity index (χ0v) is 23.1. The number of carbonyl (C=O) groups is 3.